The van der Waals surface area contributed by atoms with Gasteiger partial charge in [-0.1, -0.05) is 54.6 Å². The molecule has 0 aliphatic rings. The molecular weight excluding hydrogens is 320 g/mol. The minimum atomic E-state index is -3.78. The van der Waals surface area contributed by atoms with E-state index in [1.54, 1.807) is 24.3 Å². The predicted octanol–water partition coefficient (Wildman–Crippen LogP) is 4.03. The van der Waals surface area contributed by atoms with E-state index in [1.807, 2.05) is 48.5 Å². The number of sulfonamides is 1. The summed E-state index contributed by atoms with van der Waals surface area (Å²) in [6.45, 7) is 0. The standard InChI is InChI=1S/C19H14N2O2S/c20-14-15-7-6-10-17(13-15)24(22,23)21-19-12-5-4-11-18(19)16-8-2-1-3-9-16/h1-13,21H. The highest BCUT2D eigenvalue weighted by atomic mass is 32.2. The summed E-state index contributed by atoms with van der Waals surface area (Å²) in [7, 11) is -3.78. The van der Waals surface area contributed by atoms with Gasteiger partial charge in [-0.15, -0.1) is 0 Å². The van der Waals surface area contributed by atoms with E-state index in [1.165, 1.54) is 12.1 Å². The van der Waals surface area contributed by atoms with Gasteiger partial charge in [0, 0.05) is 5.56 Å². The molecule has 0 unspecified atom stereocenters. The van der Waals surface area contributed by atoms with Gasteiger partial charge in [0.1, 0.15) is 0 Å². The van der Waals surface area contributed by atoms with E-state index >= 15 is 0 Å². The third-order valence-electron chi connectivity index (χ3n) is 3.53. The molecular formula is C19H14N2O2S. The zero-order valence-electron chi connectivity index (χ0n) is 12.7. The van der Waals surface area contributed by atoms with E-state index in [-0.39, 0.29) is 4.90 Å². The lowest BCUT2D eigenvalue weighted by molar-refractivity contribution is 0.601. The molecule has 0 bridgehead atoms. The molecule has 0 heterocycles. The summed E-state index contributed by atoms with van der Waals surface area (Å²) in [5.74, 6) is 0. The highest BCUT2D eigenvalue weighted by Crippen LogP contribution is 2.29. The summed E-state index contributed by atoms with van der Waals surface area (Å²) in [6.07, 6.45) is 0. The van der Waals surface area contributed by atoms with Gasteiger partial charge in [-0.2, -0.15) is 5.26 Å². The molecule has 24 heavy (non-hydrogen) atoms. The van der Waals surface area contributed by atoms with Crippen molar-refractivity contribution in [1.29, 1.82) is 5.26 Å². The monoisotopic (exact) mass is 334 g/mol. The van der Waals surface area contributed by atoms with E-state index < -0.39 is 10.0 Å². The van der Waals surface area contributed by atoms with Crippen LogP contribution in [0.1, 0.15) is 5.56 Å². The fraction of sp³-hybridized carbons (Fsp3) is 0. The van der Waals surface area contributed by atoms with E-state index in [2.05, 4.69) is 4.72 Å². The Balaban J connectivity index is 2.01. The predicted molar refractivity (Wildman–Crippen MR) is 93.8 cm³/mol. The van der Waals surface area contributed by atoms with Crippen LogP contribution in [0.25, 0.3) is 11.1 Å². The van der Waals surface area contributed by atoms with Gasteiger partial charge in [-0.05, 0) is 29.8 Å². The van der Waals surface area contributed by atoms with Crippen molar-refractivity contribution in [1.82, 2.24) is 0 Å². The lowest BCUT2D eigenvalue weighted by Gasteiger charge is -2.13. The summed E-state index contributed by atoms with van der Waals surface area (Å²) < 4.78 is 27.9. The second-order valence-electron chi connectivity index (χ2n) is 5.16. The molecule has 1 N–H and O–H groups in total. The first kappa shape index (κ1) is 15.8. The van der Waals surface area contributed by atoms with Crippen LogP contribution in [0.15, 0.2) is 83.8 Å². The SMILES string of the molecule is N#Cc1cccc(S(=O)(=O)Nc2ccccc2-c2ccccc2)c1. The van der Waals surface area contributed by atoms with Crippen LogP contribution in [-0.4, -0.2) is 8.42 Å². The maximum Gasteiger partial charge on any atom is 0.261 e. The Morgan fingerprint density at radius 2 is 1.54 bits per heavy atom. The maximum absolute atomic E-state index is 12.6. The minimum Gasteiger partial charge on any atom is -0.279 e. The highest BCUT2D eigenvalue weighted by molar-refractivity contribution is 7.92. The lowest BCUT2D eigenvalue weighted by atomic mass is 10.0. The molecule has 0 saturated carbocycles. The number of nitriles is 1. The van der Waals surface area contributed by atoms with E-state index in [0.29, 0.717) is 11.3 Å². The first-order valence-corrected chi connectivity index (χ1v) is 8.76. The first-order chi connectivity index (χ1) is 11.6. The van der Waals surface area contributed by atoms with Crippen LogP contribution >= 0.6 is 0 Å². The normalized spacial score (nSPS) is 10.8. The summed E-state index contributed by atoms with van der Waals surface area (Å²) in [6, 6.07) is 24.6. The number of anilines is 1. The molecule has 0 atom stereocenters. The molecule has 5 heteroatoms. The Bertz CT molecular complexity index is 1010. The van der Waals surface area contributed by atoms with Gasteiger partial charge in [-0.25, -0.2) is 8.42 Å². The van der Waals surface area contributed by atoms with Crippen molar-refractivity contribution in [3.05, 3.63) is 84.4 Å². The molecule has 3 aromatic rings. The number of nitrogens with one attached hydrogen (secondary N) is 1. The molecule has 0 aromatic heterocycles. The fourth-order valence-corrected chi connectivity index (χ4v) is 3.50. The zero-order valence-corrected chi connectivity index (χ0v) is 13.5. The molecule has 118 valence electrons. The summed E-state index contributed by atoms with van der Waals surface area (Å²) in [5.41, 5.74) is 2.50. The maximum atomic E-state index is 12.6. The summed E-state index contributed by atoms with van der Waals surface area (Å²) in [4.78, 5) is 0.0596. The molecule has 3 aromatic carbocycles. The van der Waals surface area contributed by atoms with Crippen molar-refractivity contribution in [3.8, 4) is 17.2 Å². The molecule has 0 fully saturated rings. The number of benzene rings is 3. The molecule has 0 aliphatic heterocycles. The number of hydrogen-bond donors (Lipinski definition) is 1. The van der Waals surface area contributed by atoms with Crippen LogP contribution in [0.5, 0.6) is 0 Å². The van der Waals surface area contributed by atoms with Crippen molar-refractivity contribution in [2.75, 3.05) is 4.72 Å². The average Bonchev–Trinajstić information content (AvgIpc) is 2.63. The quantitative estimate of drug-likeness (QED) is 0.783. The van der Waals surface area contributed by atoms with Gasteiger partial charge in [0.05, 0.1) is 22.2 Å². The molecule has 4 nitrogen and oxygen atoms in total. The molecule has 0 radical (unpaired) electrons. The van der Waals surface area contributed by atoms with Crippen molar-refractivity contribution in [2.45, 2.75) is 4.90 Å². The Morgan fingerprint density at radius 3 is 2.29 bits per heavy atom. The van der Waals surface area contributed by atoms with Gasteiger partial charge in [0.25, 0.3) is 10.0 Å². The van der Waals surface area contributed by atoms with Gasteiger partial charge in [-0.3, -0.25) is 4.72 Å². The fourth-order valence-electron chi connectivity index (χ4n) is 2.38. The third-order valence-corrected chi connectivity index (χ3v) is 4.89. The topological polar surface area (TPSA) is 70.0 Å². The second-order valence-corrected chi connectivity index (χ2v) is 6.84. The number of nitrogens with zero attached hydrogens (tertiary/aromatic N) is 1. The molecule has 0 aliphatic carbocycles. The highest BCUT2D eigenvalue weighted by Gasteiger charge is 2.16. The number of rotatable bonds is 4. The van der Waals surface area contributed by atoms with Crippen molar-refractivity contribution in [2.24, 2.45) is 0 Å². The van der Waals surface area contributed by atoms with Crippen LogP contribution in [0.4, 0.5) is 5.69 Å². The van der Waals surface area contributed by atoms with Gasteiger partial charge in [0.15, 0.2) is 0 Å². The van der Waals surface area contributed by atoms with Crippen LogP contribution in [0, 0.1) is 11.3 Å². The molecule has 0 amide bonds. The van der Waals surface area contributed by atoms with Gasteiger partial charge in [0.2, 0.25) is 0 Å². The second kappa shape index (κ2) is 6.57. The Morgan fingerprint density at radius 1 is 0.833 bits per heavy atom. The first-order valence-electron chi connectivity index (χ1n) is 7.27. The zero-order chi connectivity index (χ0) is 17.0. The van der Waals surface area contributed by atoms with Gasteiger partial charge >= 0.3 is 0 Å². The molecule has 3 rings (SSSR count). The largest absolute Gasteiger partial charge is 0.279 e. The van der Waals surface area contributed by atoms with Crippen LogP contribution < -0.4 is 4.72 Å². The van der Waals surface area contributed by atoms with Crippen molar-refractivity contribution >= 4 is 15.7 Å². The Kier molecular flexibility index (Phi) is 4.32. The van der Waals surface area contributed by atoms with E-state index in [4.69, 9.17) is 5.26 Å². The smallest absolute Gasteiger partial charge is 0.261 e. The Labute approximate surface area is 141 Å². The molecule has 0 spiro atoms. The van der Waals surface area contributed by atoms with Crippen molar-refractivity contribution < 1.29 is 8.42 Å². The Hall–Kier alpha value is -3.10. The average molecular weight is 334 g/mol. The lowest BCUT2D eigenvalue weighted by Crippen LogP contribution is -2.13. The molecule has 0 saturated heterocycles. The third kappa shape index (κ3) is 3.29. The van der Waals surface area contributed by atoms with Crippen molar-refractivity contribution in [3.63, 3.8) is 0 Å². The summed E-state index contributed by atoms with van der Waals surface area (Å²) >= 11 is 0. The van der Waals surface area contributed by atoms with E-state index in [9.17, 15) is 8.42 Å². The number of hydrogen-bond acceptors (Lipinski definition) is 3. The summed E-state index contributed by atoms with van der Waals surface area (Å²) in [5, 5.41) is 8.95. The minimum absolute atomic E-state index is 0.0596. The van der Waals surface area contributed by atoms with Crippen LogP contribution in [-0.2, 0) is 10.0 Å². The van der Waals surface area contributed by atoms with Crippen LogP contribution in [0.2, 0.25) is 0 Å². The van der Waals surface area contributed by atoms with Crippen LogP contribution in [0.3, 0.4) is 0 Å². The number of para-hydroxylation sites is 1. The van der Waals surface area contributed by atoms with E-state index in [0.717, 1.165) is 11.1 Å². The van der Waals surface area contributed by atoms with Gasteiger partial charge < -0.3 is 0 Å².